The molecule has 1 fully saturated rings. The summed E-state index contributed by atoms with van der Waals surface area (Å²) in [7, 11) is 0. The number of ether oxygens (including phenoxy) is 1. The van der Waals surface area contributed by atoms with Crippen molar-refractivity contribution in [3.63, 3.8) is 0 Å². The van der Waals surface area contributed by atoms with Gasteiger partial charge in [-0.05, 0) is 31.0 Å². The molecule has 0 bridgehead atoms. The highest BCUT2D eigenvalue weighted by atomic mass is 19.1. The molecule has 0 spiro atoms. The Kier molecular flexibility index (Phi) is 5.09. The van der Waals surface area contributed by atoms with Crippen LogP contribution in [-0.2, 0) is 4.74 Å². The topological polar surface area (TPSA) is 120 Å². The predicted molar refractivity (Wildman–Crippen MR) is 106 cm³/mol. The molecule has 0 saturated heterocycles. The van der Waals surface area contributed by atoms with Gasteiger partial charge in [-0.2, -0.15) is 0 Å². The average molecular weight is 407 g/mol. The number of halogens is 1. The van der Waals surface area contributed by atoms with Crippen molar-refractivity contribution in [3.8, 4) is 22.5 Å². The standard InChI is InChI=1S/C21H18FN5O3/c22-16-7-15(8-24-9-16)18-11-25-10-17(27-18)13-1-3-14(4-2-13)19(28)26-12-21(5-6-21)30-20(23)29/h1-4,7-11H,5-6,12H2,(H2,23,29)(H,26,28). The van der Waals surface area contributed by atoms with E-state index < -0.39 is 17.5 Å². The highest BCUT2D eigenvalue weighted by Gasteiger charge is 2.46. The van der Waals surface area contributed by atoms with Crippen molar-refractivity contribution in [2.24, 2.45) is 5.73 Å². The van der Waals surface area contributed by atoms with Crippen molar-refractivity contribution in [2.75, 3.05) is 6.54 Å². The zero-order valence-corrected chi connectivity index (χ0v) is 15.8. The number of nitrogens with one attached hydrogen (secondary N) is 1. The number of hydrogen-bond acceptors (Lipinski definition) is 6. The summed E-state index contributed by atoms with van der Waals surface area (Å²) in [6.45, 7) is 0.214. The van der Waals surface area contributed by atoms with Gasteiger partial charge in [0.15, 0.2) is 0 Å². The van der Waals surface area contributed by atoms with Crippen LogP contribution in [0.5, 0.6) is 0 Å². The van der Waals surface area contributed by atoms with Gasteiger partial charge in [0.2, 0.25) is 0 Å². The van der Waals surface area contributed by atoms with Crippen LogP contribution >= 0.6 is 0 Å². The van der Waals surface area contributed by atoms with Crippen molar-refractivity contribution in [3.05, 3.63) is 66.5 Å². The first-order valence-corrected chi connectivity index (χ1v) is 9.24. The fourth-order valence-electron chi connectivity index (χ4n) is 3.00. The summed E-state index contributed by atoms with van der Waals surface area (Å²) in [5.41, 5.74) is 7.17. The summed E-state index contributed by atoms with van der Waals surface area (Å²) in [6.07, 6.45) is 6.25. The van der Waals surface area contributed by atoms with Crippen LogP contribution in [-0.4, -0.2) is 39.1 Å². The second-order valence-electron chi connectivity index (χ2n) is 7.05. The maximum atomic E-state index is 13.4. The molecule has 0 atom stereocenters. The van der Waals surface area contributed by atoms with Gasteiger partial charge in [0, 0.05) is 22.9 Å². The van der Waals surface area contributed by atoms with Crippen molar-refractivity contribution in [1.29, 1.82) is 0 Å². The molecule has 0 radical (unpaired) electrons. The predicted octanol–water partition coefficient (Wildman–Crippen LogP) is 2.70. The van der Waals surface area contributed by atoms with Crippen LogP contribution < -0.4 is 11.1 Å². The SMILES string of the molecule is NC(=O)OC1(CNC(=O)c2ccc(-c3cncc(-c4cncc(F)c4)n3)cc2)CC1. The lowest BCUT2D eigenvalue weighted by Gasteiger charge is -2.15. The zero-order chi connectivity index (χ0) is 21.1. The summed E-state index contributed by atoms with van der Waals surface area (Å²) in [5, 5.41) is 2.76. The Morgan fingerprint density at radius 1 is 1.03 bits per heavy atom. The van der Waals surface area contributed by atoms with Crippen molar-refractivity contribution in [2.45, 2.75) is 18.4 Å². The largest absolute Gasteiger partial charge is 0.441 e. The molecule has 30 heavy (non-hydrogen) atoms. The summed E-state index contributed by atoms with van der Waals surface area (Å²) in [4.78, 5) is 35.8. The first-order chi connectivity index (χ1) is 14.4. The molecule has 2 heterocycles. The van der Waals surface area contributed by atoms with Gasteiger partial charge in [0.05, 0.1) is 36.5 Å². The molecule has 4 rings (SSSR count). The van der Waals surface area contributed by atoms with Crippen LogP contribution in [0.1, 0.15) is 23.2 Å². The Balaban J connectivity index is 1.45. The minimum absolute atomic E-state index is 0.214. The number of amides is 2. The highest BCUT2D eigenvalue weighted by Crippen LogP contribution is 2.38. The Morgan fingerprint density at radius 3 is 2.33 bits per heavy atom. The van der Waals surface area contributed by atoms with Gasteiger partial charge in [-0.3, -0.25) is 14.8 Å². The lowest BCUT2D eigenvalue weighted by atomic mass is 10.1. The van der Waals surface area contributed by atoms with E-state index in [1.807, 2.05) is 0 Å². The van der Waals surface area contributed by atoms with Crippen molar-refractivity contribution < 1.29 is 18.7 Å². The third-order valence-corrected chi connectivity index (χ3v) is 4.77. The van der Waals surface area contributed by atoms with Crippen molar-refractivity contribution >= 4 is 12.0 Å². The number of nitrogens with two attached hydrogens (primary N) is 1. The fourth-order valence-corrected chi connectivity index (χ4v) is 3.00. The molecule has 0 aliphatic heterocycles. The van der Waals surface area contributed by atoms with E-state index in [2.05, 4.69) is 20.3 Å². The van der Waals surface area contributed by atoms with Crippen LogP contribution in [0.25, 0.3) is 22.5 Å². The van der Waals surface area contributed by atoms with Gasteiger partial charge in [-0.25, -0.2) is 14.2 Å². The average Bonchev–Trinajstić information content (AvgIpc) is 3.51. The molecule has 1 aliphatic rings. The van der Waals surface area contributed by atoms with E-state index in [-0.39, 0.29) is 12.5 Å². The summed E-state index contributed by atoms with van der Waals surface area (Å²) < 4.78 is 18.5. The molecule has 2 aromatic heterocycles. The summed E-state index contributed by atoms with van der Waals surface area (Å²) in [5.74, 6) is -0.740. The van der Waals surface area contributed by atoms with E-state index >= 15 is 0 Å². The lowest BCUT2D eigenvalue weighted by Crippen LogP contribution is -2.37. The zero-order valence-electron chi connectivity index (χ0n) is 15.8. The number of benzene rings is 1. The minimum atomic E-state index is -0.844. The number of carbonyl (C=O) groups is 2. The second-order valence-corrected chi connectivity index (χ2v) is 7.05. The van der Waals surface area contributed by atoms with Gasteiger partial charge < -0.3 is 15.8 Å². The number of aromatic nitrogens is 3. The molecule has 1 aliphatic carbocycles. The number of rotatable bonds is 6. The number of primary amides is 1. The normalized spacial score (nSPS) is 14.0. The maximum absolute atomic E-state index is 13.4. The van der Waals surface area contributed by atoms with Crippen LogP contribution in [0.15, 0.2) is 55.1 Å². The molecule has 152 valence electrons. The molecule has 3 N–H and O–H groups in total. The highest BCUT2D eigenvalue weighted by molar-refractivity contribution is 5.94. The Hall–Kier alpha value is -3.88. The van der Waals surface area contributed by atoms with E-state index in [0.717, 1.165) is 11.8 Å². The fraction of sp³-hybridized carbons (Fsp3) is 0.190. The maximum Gasteiger partial charge on any atom is 0.405 e. The van der Waals surface area contributed by atoms with E-state index in [9.17, 15) is 14.0 Å². The first kappa shape index (κ1) is 19.4. The molecular weight excluding hydrogens is 389 g/mol. The van der Waals surface area contributed by atoms with Gasteiger partial charge >= 0.3 is 6.09 Å². The Morgan fingerprint density at radius 2 is 1.70 bits per heavy atom. The molecule has 8 nitrogen and oxygen atoms in total. The minimum Gasteiger partial charge on any atom is -0.441 e. The number of nitrogens with zero attached hydrogens (tertiary/aromatic N) is 3. The van der Waals surface area contributed by atoms with E-state index in [1.54, 1.807) is 30.5 Å². The van der Waals surface area contributed by atoms with Crippen LogP contribution in [0.2, 0.25) is 0 Å². The van der Waals surface area contributed by atoms with E-state index in [0.29, 0.717) is 35.4 Å². The molecule has 1 saturated carbocycles. The number of pyridine rings is 1. The Labute approximate surface area is 171 Å². The summed E-state index contributed by atoms with van der Waals surface area (Å²) in [6, 6.07) is 8.16. The third-order valence-electron chi connectivity index (χ3n) is 4.77. The number of hydrogen-bond donors (Lipinski definition) is 2. The van der Waals surface area contributed by atoms with Crippen LogP contribution in [0.3, 0.4) is 0 Å². The first-order valence-electron chi connectivity index (χ1n) is 9.24. The van der Waals surface area contributed by atoms with Crippen molar-refractivity contribution in [1.82, 2.24) is 20.3 Å². The second kappa shape index (κ2) is 7.86. The van der Waals surface area contributed by atoms with E-state index in [4.69, 9.17) is 10.5 Å². The van der Waals surface area contributed by atoms with Crippen LogP contribution in [0.4, 0.5) is 9.18 Å². The Bertz CT molecular complexity index is 1100. The van der Waals surface area contributed by atoms with E-state index in [1.165, 1.54) is 18.5 Å². The number of carbonyl (C=O) groups excluding carboxylic acids is 2. The molecule has 9 heteroatoms. The third kappa shape index (κ3) is 4.40. The molecular formula is C21H18FN5O3. The molecule has 2 amide bonds. The molecule has 3 aromatic rings. The smallest absolute Gasteiger partial charge is 0.405 e. The van der Waals surface area contributed by atoms with Gasteiger partial charge in [-0.1, -0.05) is 12.1 Å². The molecule has 1 aromatic carbocycles. The lowest BCUT2D eigenvalue weighted by molar-refractivity contribution is 0.0785. The van der Waals surface area contributed by atoms with Gasteiger partial charge in [0.1, 0.15) is 11.4 Å². The van der Waals surface area contributed by atoms with Gasteiger partial charge in [-0.15, -0.1) is 0 Å². The van der Waals surface area contributed by atoms with Gasteiger partial charge in [0.25, 0.3) is 5.91 Å². The summed E-state index contributed by atoms with van der Waals surface area (Å²) >= 11 is 0. The quantitative estimate of drug-likeness (QED) is 0.648. The molecule has 0 unspecified atom stereocenters. The van der Waals surface area contributed by atoms with Crippen LogP contribution in [0, 0.1) is 5.82 Å². The monoisotopic (exact) mass is 407 g/mol.